The van der Waals surface area contributed by atoms with E-state index < -0.39 is 0 Å². The summed E-state index contributed by atoms with van der Waals surface area (Å²) < 4.78 is 5.17. The van der Waals surface area contributed by atoms with Crippen LogP contribution in [-0.4, -0.2) is 22.3 Å². The Morgan fingerprint density at radius 3 is 2.58 bits per heavy atom. The van der Waals surface area contributed by atoms with Gasteiger partial charge in [0.25, 0.3) is 0 Å². The van der Waals surface area contributed by atoms with Crippen molar-refractivity contribution in [2.24, 2.45) is 5.73 Å². The second kappa shape index (κ2) is 7.50. The van der Waals surface area contributed by atoms with Gasteiger partial charge in [0.05, 0.1) is 11.4 Å². The van der Waals surface area contributed by atoms with E-state index in [0.29, 0.717) is 10.7 Å². The fourth-order valence-corrected chi connectivity index (χ4v) is 2.57. The van der Waals surface area contributed by atoms with Crippen molar-refractivity contribution < 1.29 is 9.53 Å². The Kier molecular flexibility index (Phi) is 6.31. The summed E-state index contributed by atoms with van der Waals surface area (Å²) in [6, 6.07) is 7.71. The highest BCUT2D eigenvalue weighted by Crippen LogP contribution is 2.21. The first-order chi connectivity index (χ1) is 8.91. The third kappa shape index (κ3) is 5.20. The van der Waals surface area contributed by atoms with Crippen LogP contribution in [0.2, 0.25) is 0 Å². The summed E-state index contributed by atoms with van der Waals surface area (Å²) in [5.41, 5.74) is 7.59. The van der Waals surface area contributed by atoms with Crippen LogP contribution < -0.4 is 5.73 Å². The number of carbonyl (C=O) groups excluding carboxylic acids is 1. The predicted molar refractivity (Wildman–Crippen MR) is 84.3 cm³/mol. The van der Waals surface area contributed by atoms with E-state index in [0.717, 1.165) is 11.1 Å². The number of hydrogen-bond donors (Lipinski definition) is 1. The van der Waals surface area contributed by atoms with Gasteiger partial charge in [0.1, 0.15) is 4.99 Å². The van der Waals surface area contributed by atoms with E-state index in [9.17, 15) is 4.79 Å². The number of carbonyl (C=O) groups is 1. The molecule has 0 aromatic heterocycles. The summed E-state index contributed by atoms with van der Waals surface area (Å²) in [6.45, 7) is 5.54. The van der Waals surface area contributed by atoms with Crippen molar-refractivity contribution in [3.63, 3.8) is 0 Å². The van der Waals surface area contributed by atoms with Crippen LogP contribution in [0.1, 0.15) is 31.9 Å². The van der Waals surface area contributed by atoms with Crippen molar-refractivity contribution >= 4 is 34.9 Å². The number of nitrogens with two attached hydrogens (primary N) is 1. The van der Waals surface area contributed by atoms with E-state index in [-0.39, 0.29) is 17.3 Å². The molecule has 0 bridgehead atoms. The zero-order valence-electron chi connectivity index (χ0n) is 11.4. The largest absolute Gasteiger partial charge is 0.462 e. The minimum atomic E-state index is -0.207. The molecule has 1 aromatic carbocycles. The fraction of sp³-hybridized carbons (Fsp3) is 0.429. The first-order valence-electron chi connectivity index (χ1n) is 6.11. The van der Waals surface area contributed by atoms with Gasteiger partial charge in [0, 0.05) is 11.3 Å². The molecule has 0 amide bonds. The summed E-state index contributed by atoms with van der Waals surface area (Å²) >= 11 is 6.54. The van der Waals surface area contributed by atoms with E-state index in [1.807, 2.05) is 45.0 Å². The first kappa shape index (κ1) is 16.0. The van der Waals surface area contributed by atoms with E-state index in [2.05, 4.69) is 0 Å². The maximum atomic E-state index is 11.7. The molecular weight excluding hydrogens is 278 g/mol. The van der Waals surface area contributed by atoms with Crippen LogP contribution in [-0.2, 0) is 15.3 Å². The fourth-order valence-electron chi connectivity index (χ4n) is 1.50. The maximum Gasteiger partial charge on any atom is 0.319 e. The van der Waals surface area contributed by atoms with Crippen molar-refractivity contribution in [1.82, 2.24) is 0 Å². The average Bonchev–Trinajstić information content (AvgIpc) is 2.35. The van der Waals surface area contributed by atoms with Crippen LogP contribution in [0.4, 0.5) is 0 Å². The molecule has 5 heteroatoms. The Balaban J connectivity index is 2.62. The average molecular weight is 297 g/mol. The molecule has 104 valence electrons. The summed E-state index contributed by atoms with van der Waals surface area (Å²) in [4.78, 5) is 12.1. The number of hydrogen-bond acceptors (Lipinski definition) is 4. The molecule has 19 heavy (non-hydrogen) atoms. The molecule has 0 saturated heterocycles. The number of esters is 1. The van der Waals surface area contributed by atoms with Gasteiger partial charge >= 0.3 is 5.97 Å². The Morgan fingerprint density at radius 2 is 2.00 bits per heavy atom. The van der Waals surface area contributed by atoms with Crippen LogP contribution in [0, 0.1) is 0 Å². The van der Waals surface area contributed by atoms with Crippen molar-refractivity contribution in [3.8, 4) is 0 Å². The second-order valence-corrected chi connectivity index (χ2v) is 6.23. The van der Waals surface area contributed by atoms with Gasteiger partial charge < -0.3 is 10.5 Å². The zero-order chi connectivity index (χ0) is 14.4. The van der Waals surface area contributed by atoms with E-state index in [1.165, 1.54) is 11.8 Å². The van der Waals surface area contributed by atoms with Gasteiger partial charge in [-0.2, -0.15) is 0 Å². The molecule has 0 aliphatic heterocycles. The molecule has 1 rings (SSSR count). The Hall–Kier alpha value is -1.07. The Bertz CT molecular complexity index is 461. The van der Waals surface area contributed by atoms with Crippen LogP contribution in [0.25, 0.3) is 0 Å². The highest BCUT2D eigenvalue weighted by Gasteiger charge is 2.17. The lowest BCUT2D eigenvalue weighted by Crippen LogP contribution is -2.21. The molecule has 0 saturated carbocycles. The quantitative estimate of drug-likeness (QED) is 0.646. The minimum Gasteiger partial charge on any atom is -0.462 e. The number of thiocarbonyl (C=S) groups is 1. The molecule has 0 aliphatic rings. The highest BCUT2D eigenvalue weighted by molar-refractivity contribution is 7.99. The third-order valence-corrected chi connectivity index (χ3v) is 3.85. The summed E-state index contributed by atoms with van der Waals surface area (Å²) in [5.74, 6) is 0.495. The van der Waals surface area contributed by atoms with Crippen molar-refractivity contribution in [1.29, 1.82) is 0 Å². The molecule has 0 radical (unpaired) electrons. The molecule has 1 aromatic rings. The van der Waals surface area contributed by atoms with E-state index >= 15 is 0 Å². The molecule has 0 spiro atoms. The van der Waals surface area contributed by atoms with Gasteiger partial charge in [-0.1, -0.05) is 36.5 Å². The van der Waals surface area contributed by atoms with Gasteiger partial charge in [0.15, 0.2) is 0 Å². The summed E-state index contributed by atoms with van der Waals surface area (Å²) in [7, 11) is 0. The number of thioether (sulfide) groups is 1. The SMILES string of the molecule is CC(C)OC(=O)C(C)SCc1ccccc1C(N)=S. The first-order valence-corrected chi connectivity index (χ1v) is 7.57. The van der Waals surface area contributed by atoms with Crippen molar-refractivity contribution in [3.05, 3.63) is 35.4 Å². The van der Waals surface area contributed by atoms with Gasteiger partial charge in [0.2, 0.25) is 0 Å². The smallest absolute Gasteiger partial charge is 0.319 e. The number of benzene rings is 1. The van der Waals surface area contributed by atoms with Crippen LogP contribution in [0.3, 0.4) is 0 Å². The molecule has 2 N–H and O–H groups in total. The van der Waals surface area contributed by atoms with Gasteiger partial charge in [-0.25, -0.2) is 0 Å². The van der Waals surface area contributed by atoms with Crippen molar-refractivity contribution in [2.45, 2.75) is 37.9 Å². The third-order valence-electron chi connectivity index (χ3n) is 2.46. The van der Waals surface area contributed by atoms with Gasteiger partial charge in [-0.3, -0.25) is 4.79 Å². The molecular formula is C14H19NO2S2. The lowest BCUT2D eigenvalue weighted by Gasteiger charge is -2.14. The van der Waals surface area contributed by atoms with Gasteiger partial charge in [-0.15, -0.1) is 11.8 Å². The van der Waals surface area contributed by atoms with Crippen LogP contribution in [0.5, 0.6) is 0 Å². The summed E-state index contributed by atoms with van der Waals surface area (Å²) in [5, 5.41) is -0.207. The number of rotatable bonds is 6. The molecule has 0 heterocycles. The van der Waals surface area contributed by atoms with Gasteiger partial charge in [-0.05, 0) is 26.3 Å². The van der Waals surface area contributed by atoms with E-state index in [1.54, 1.807) is 0 Å². The zero-order valence-corrected chi connectivity index (χ0v) is 13.0. The molecule has 1 unspecified atom stereocenters. The standard InChI is InChI=1S/C14H19NO2S2/c1-9(2)17-14(16)10(3)19-8-11-6-4-5-7-12(11)13(15)18/h4-7,9-10H,8H2,1-3H3,(H2,15,18). The number of ether oxygens (including phenoxy) is 1. The van der Waals surface area contributed by atoms with Crippen LogP contribution >= 0.6 is 24.0 Å². The second-order valence-electron chi connectivity index (χ2n) is 4.46. The topological polar surface area (TPSA) is 52.3 Å². The summed E-state index contributed by atoms with van der Waals surface area (Å²) in [6.07, 6.45) is -0.0838. The molecule has 3 nitrogen and oxygen atoms in total. The lowest BCUT2D eigenvalue weighted by molar-refractivity contribution is -0.146. The highest BCUT2D eigenvalue weighted by atomic mass is 32.2. The predicted octanol–water partition coefficient (Wildman–Crippen LogP) is 2.89. The normalized spacial score (nSPS) is 12.2. The molecule has 1 atom stereocenters. The minimum absolute atomic E-state index is 0.0838. The van der Waals surface area contributed by atoms with E-state index in [4.69, 9.17) is 22.7 Å². The molecule has 0 aliphatic carbocycles. The lowest BCUT2D eigenvalue weighted by atomic mass is 10.1. The van der Waals surface area contributed by atoms with Crippen LogP contribution in [0.15, 0.2) is 24.3 Å². The Morgan fingerprint density at radius 1 is 1.37 bits per heavy atom. The molecule has 0 fully saturated rings. The monoisotopic (exact) mass is 297 g/mol. The maximum absolute atomic E-state index is 11.7. The van der Waals surface area contributed by atoms with Crippen molar-refractivity contribution in [2.75, 3.05) is 0 Å². The Labute approximate surface area is 123 Å².